The summed E-state index contributed by atoms with van der Waals surface area (Å²) in [4.78, 5) is 0. The van der Waals surface area contributed by atoms with Crippen LogP contribution < -0.4 is 4.74 Å². The monoisotopic (exact) mass is 549 g/mol. The summed E-state index contributed by atoms with van der Waals surface area (Å²) in [5.74, 6) is 0.935. The highest BCUT2D eigenvalue weighted by Gasteiger charge is 2.23. The predicted molar refractivity (Wildman–Crippen MR) is 179 cm³/mol. The molecular weight excluding hydrogens is 522 g/mol. The van der Waals surface area contributed by atoms with Gasteiger partial charge >= 0.3 is 0 Å². The first-order chi connectivity index (χ1) is 21.3. The molecule has 2 heteroatoms. The molecule has 0 atom stereocenters. The van der Waals surface area contributed by atoms with Crippen molar-refractivity contribution in [1.29, 1.82) is 0 Å². The van der Waals surface area contributed by atoms with E-state index in [0.717, 1.165) is 17.0 Å². The first-order valence-electron chi connectivity index (χ1n) is 14.8. The van der Waals surface area contributed by atoms with Crippen LogP contribution in [0.15, 0.2) is 152 Å². The summed E-state index contributed by atoms with van der Waals surface area (Å²) in [7, 11) is 0. The second-order valence-electron chi connectivity index (χ2n) is 11.3. The first kappa shape index (κ1) is 24.0. The van der Waals surface area contributed by atoms with E-state index in [0.29, 0.717) is 6.61 Å². The van der Waals surface area contributed by atoms with Gasteiger partial charge in [0.25, 0.3) is 0 Å². The molecule has 0 N–H and O–H groups in total. The van der Waals surface area contributed by atoms with Crippen LogP contribution >= 0.6 is 0 Å². The second kappa shape index (κ2) is 9.47. The quantitative estimate of drug-likeness (QED) is 0.214. The highest BCUT2D eigenvalue weighted by molar-refractivity contribution is 6.11. The molecule has 0 bridgehead atoms. The summed E-state index contributed by atoms with van der Waals surface area (Å²) in [5, 5.41) is 5.03. The molecule has 2 heterocycles. The van der Waals surface area contributed by atoms with Gasteiger partial charge in [-0.1, -0.05) is 121 Å². The summed E-state index contributed by atoms with van der Waals surface area (Å²) in [6, 6.07) is 54.7. The van der Waals surface area contributed by atoms with E-state index in [4.69, 9.17) is 4.74 Å². The smallest absolute Gasteiger partial charge is 0.129 e. The van der Waals surface area contributed by atoms with Crippen LogP contribution in [0.3, 0.4) is 0 Å². The molecule has 202 valence electrons. The SMILES string of the molecule is c1ccc2c(c1)COc1cccc(-n3c4ccccc4c4cc(-c5ccc(-c6cccc7ccccc67)cc5)ccc43)c1-2. The van der Waals surface area contributed by atoms with Crippen LogP contribution in [-0.4, -0.2) is 4.57 Å². The van der Waals surface area contributed by atoms with Crippen molar-refractivity contribution in [2.45, 2.75) is 6.61 Å². The molecule has 9 rings (SSSR count). The van der Waals surface area contributed by atoms with E-state index in [9.17, 15) is 0 Å². The summed E-state index contributed by atoms with van der Waals surface area (Å²) in [5.41, 5.74) is 12.1. The highest BCUT2D eigenvalue weighted by Crippen LogP contribution is 2.44. The zero-order chi connectivity index (χ0) is 28.3. The molecular formula is C41H27NO. The summed E-state index contributed by atoms with van der Waals surface area (Å²) in [6.45, 7) is 0.600. The molecule has 1 aliphatic heterocycles. The van der Waals surface area contributed by atoms with Gasteiger partial charge in [-0.15, -0.1) is 0 Å². The van der Waals surface area contributed by atoms with Crippen LogP contribution in [0.25, 0.3) is 71.6 Å². The topological polar surface area (TPSA) is 14.2 Å². The van der Waals surface area contributed by atoms with Gasteiger partial charge in [0.05, 0.1) is 16.7 Å². The summed E-state index contributed by atoms with van der Waals surface area (Å²) in [6.07, 6.45) is 0. The summed E-state index contributed by atoms with van der Waals surface area (Å²) >= 11 is 0. The minimum atomic E-state index is 0.600. The van der Waals surface area contributed by atoms with Crippen molar-refractivity contribution in [2.75, 3.05) is 0 Å². The average molecular weight is 550 g/mol. The summed E-state index contributed by atoms with van der Waals surface area (Å²) < 4.78 is 8.65. The Hall–Kier alpha value is -5.60. The molecule has 8 aromatic rings. The number of ether oxygens (including phenoxy) is 1. The average Bonchev–Trinajstić information content (AvgIpc) is 3.41. The van der Waals surface area contributed by atoms with E-state index in [1.165, 1.54) is 66.0 Å². The lowest BCUT2D eigenvalue weighted by atomic mass is 9.95. The maximum absolute atomic E-state index is 6.24. The molecule has 1 aliphatic rings. The number of nitrogens with zero attached hydrogens (tertiary/aromatic N) is 1. The molecule has 43 heavy (non-hydrogen) atoms. The van der Waals surface area contributed by atoms with E-state index < -0.39 is 0 Å². The molecule has 1 aromatic heterocycles. The molecule has 7 aromatic carbocycles. The molecule has 0 spiro atoms. The fourth-order valence-electron chi connectivity index (χ4n) is 6.87. The molecule has 0 unspecified atom stereocenters. The van der Waals surface area contributed by atoms with Gasteiger partial charge in [-0.25, -0.2) is 0 Å². The third kappa shape index (κ3) is 3.73. The zero-order valence-electron chi connectivity index (χ0n) is 23.5. The molecule has 0 fully saturated rings. The minimum Gasteiger partial charge on any atom is -0.488 e. The number of benzene rings is 7. The molecule has 0 radical (unpaired) electrons. The Morgan fingerprint density at radius 1 is 0.465 bits per heavy atom. The van der Waals surface area contributed by atoms with Gasteiger partial charge in [0.1, 0.15) is 12.4 Å². The Kier molecular flexibility index (Phi) is 5.30. The van der Waals surface area contributed by atoms with Crippen molar-refractivity contribution in [1.82, 2.24) is 4.57 Å². The van der Waals surface area contributed by atoms with Gasteiger partial charge in [0, 0.05) is 16.3 Å². The van der Waals surface area contributed by atoms with Crippen molar-refractivity contribution >= 4 is 32.6 Å². The van der Waals surface area contributed by atoms with Crippen LogP contribution in [0.5, 0.6) is 5.75 Å². The Morgan fingerprint density at radius 3 is 2.07 bits per heavy atom. The van der Waals surface area contributed by atoms with E-state index in [1.54, 1.807) is 0 Å². The zero-order valence-corrected chi connectivity index (χ0v) is 23.5. The lowest BCUT2D eigenvalue weighted by Crippen LogP contribution is -2.08. The maximum atomic E-state index is 6.24. The fraction of sp³-hybridized carbons (Fsp3) is 0.0244. The van der Waals surface area contributed by atoms with Crippen molar-refractivity contribution in [2.24, 2.45) is 0 Å². The van der Waals surface area contributed by atoms with Crippen LogP contribution in [0.1, 0.15) is 5.56 Å². The van der Waals surface area contributed by atoms with Gasteiger partial charge in [-0.2, -0.15) is 0 Å². The first-order valence-corrected chi connectivity index (χ1v) is 14.8. The van der Waals surface area contributed by atoms with Gasteiger partial charge in [0.2, 0.25) is 0 Å². The maximum Gasteiger partial charge on any atom is 0.129 e. The van der Waals surface area contributed by atoms with Crippen LogP contribution in [0, 0.1) is 0 Å². The van der Waals surface area contributed by atoms with Crippen molar-refractivity contribution in [3.05, 3.63) is 157 Å². The van der Waals surface area contributed by atoms with E-state index in [1.807, 2.05) is 0 Å². The van der Waals surface area contributed by atoms with Crippen LogP contribution in [0.2, 0.25) is 0 Å². The third-order valence-corrected chi connectivity index (χ3v) is 8.91. The largest absolute Gasteiger partial charge is 0.488 e. The second-order valence-corrected chi connectivity index (χ2v) is 11.3. The van der Waals surface area contributed by atoms with Gasteiger partial charge < -0.3 is 9.30 Å². The lowest BCUT2D eigenvalue weighted by molar-refractivity contribution is 0.302. The third-order valence-electron chi connectivity index (χ3n) is 8.91. The normalized spacial score (nSPS) is 12.3. The van der Waals surface area contributed by atoms with Crippen LogP contribution in [-0.2, 0) is 6.61 Å². The standard InChI is InChI=1S/C41H27NO/c1-3-12-32-28(9-1)11-7-15-33(32)29-21-19-27(20-22-29)30-23-24-38-36(25-30)35-14-5-6-16-37(35)42(38)39-17-8-18-40-41(39)34-13-4-2-10-31(34)26-43-40/h1-25H,26H2. The fourth-order valence-corrected chi connectivity index (χ4v) is 6.87. The number of rotatable bonds is 3. The molecule has 0 saturated heterocycles. The van der Waals surface area contributed by atoms with Crippen molar-refractivity contribution in [3.63, 3.8) is 0 Å². The molecule has 2 nitrogen and oxygen atoms in total. The number of para-hydroxylation sites is 1. The Balaban J connectivity index is 1.20. The van der Waals surface area contributed by atoms with E-state index >= 15 is 0 Å². The molecule has 0 saturated carbocycles. The highest BCUT2D eigenvalue weighted by atomic mass is 16.5. The van der Waals surface area contributed by atoms with Gasteiger partial charge in [-0.05, 0) is 74.5 Å². The van der Waals surface area contributed by atoms with E-state index in [-0.39, 0.29) is 0 Å². The van der Waals surface area contributed by atoms with Crippen LogP contribution in [0.4, 0.5) is 0 Å². The number of fused-ring (bicyclic) bond motifs is 7. The minimum absolute atomic E-state index is 0.600. The Morgan fingerprint density at radius 2 is 1.14 bits per heavy atom. The predicted octanol–water partition coefficient (Wildman–Crippen LogP) is 10.8. The number of aromatic nitrogens is 1. The van der Waals surface area contributed by atoms with Gasteiger partial charge in [0.15, 0.2) is 0 Å². The molecule has 0 aliphatic carbocycles. The van der Waals surface area contributed by atoms with Crippen molar-refractivity contribution in [3.8, 4) is 44.8 Å². The Labute approximate surface area is 250 Å². The molecule has 0 amide bonds. The van der Waals surface area contributed by atoms with Crippen molar-refractivity contribution < 1.29 is 4.74 Å². The van der Waals surface area contributed by atoms with Gasteiger partial charge in [-0.3, -0.25) is 0 Å². The van der Waals surface area contributed by atoms with E-state index in [2.05, 4.69) is 156 Å². The number of hydrogen-bond acceptors (Lipinski definition) is 1. The Bertz CT molecular complexity index is 2340. The number of hydrogen-bond donors (Lipinski definition) is 0. The lowest BCUT2D eigenvalue weighted by Gasteiger charge is -2.24.